The SMILES string of the molecule is NS(=O)(=O)CCCNS(=O)(=O)c1cc(C(=O)O)oc1Br. The van der Waals surface area contributed by atoms with Crippen molar-refractivity contribution in [2.45, 2.75) is 11.3 Å². The molecule has 1 aromatic rings. The van der Waals surface area contributed by atoms with Crippen molar-refractivity contribution in [3.05, 3.63) is 16.5 Å². The van der Waals surface area contributed by atoms with Gasteiger partial charge in [0.2, 0.25) is 25.8 Å². The molecule has 0 aliphatic rings. The van der Waals surface area contributed by atoms with E-state index in [1.54, 1.807) is 0 Å². The average Bonchev–Trinajstić information content (AvgIpc) is 2.66. The fourth-order valence-corrected chi connectivity index (χ4v) is 3.76. The van der Waals surface area contributed by atoms with Crippen LogP contribution in [0.25, 0.3) is 0 Å². The summed E-state index contributed by atoms with van der Waals surface area (Å²) in [5.74, 6) is -2.33. The minimum atomic E-state index is -4.01. The molecule has 0 bridgehead atoms. The van der Waals surface area contributed by atoms with Gasteiger partial charge >= 0.3 is 5.97 Å². The van der Waals surface area contributed by atoms with Crippen LogP contribution in [0.5, 0.6) is 0 Å². The van der Waals surface area contributed by atoms with Crippen molar-refractivity contribution >= 4 is 41.9 Å². The topological polar surface area (TPSA) is 157 Å². The zero-order valence-corrected chi connectivity index (χ0v) is 13.1. The quantitative estimate of drug-likeness (QED) is 0.539. The summed E-state index contributed by atoms with van der Waals surface area (Å²) < 4.78 is 51.6. The van der Waals surface area contributed by atoms with Crippen molar-refractivity contribution in [2.75, 3.05) is 12.3 Å². The Morgan fingerprint density at radius 3 is 2.45 bits per heavy atom. The normalized spacial score (nSPS) is 12.5. The van der Waals surface area contributed by atoms with E-state index in [1.807, 2.05) is 0 Å². The molecule has 0 radical (unpaired) electrons. The second-order valence-corrected chi connectivity index (χ2v) is 7.86. The van der Waals surface area contributed by atoms with Gasteiger partial charge in [0.25, 0.3) is 0 Å². The Hall–Kier alpha value is -0.950. The van der Waals surface area contributed by atoms with Crippen LogP contribution in [-0.2, 0) is 20.0 Å². The number of carbonyl (C=O) groups is 1. The van der Waals surface area contributed by atoms with E-state index >= 15 is 0 Å². The zero-order chi connectivity index (χ0) is 15.6. The number of carboxylic acids is 1. The number of sulfonamides is 2. The maximum Gasteiger partial charge on any atom is 0.371 e. The van der Waals surface area contributed by atoms with E-state index in [0.717, 1.165) is 6.07 Å². The van der Waals surface area contributed by atoms with Crippen molar-refractivity contribution in [3.8, 4) is 0 Å². The van der Waals surface area contributed by atoms with E-state index in [-0.39, 0.29) is 28.3 Å². The first-order chi connectivity index (χ1) is 9.03. The van der Waals surface area contributed by atoms with Crippen LogP contribution in [-0.4, -0.2) is 40.2 Å². The molecule has 1 aromatic heterocycles. The summed E-state index contributed by atoms with van der Waals surface area (Å²) in [5, 5.41) is 13.4. The molecule has 0 unspecified atom stereocenters. The third-order valence-electron chi connectivity index (χ3n) is 2.05. The standard InChI is InChI=1S/C8H11BrN2O7S2/c9-7-6(4-5(18-7)8(12)13)20(16,17)11-2-1-3-19(10,14)15/h4,11H,1-3H2,(H,12,13)(H2,10,14,15). The van der Waals surface area contributed by atoms with Crippen LogP contribution in [0.15, 0.2) is 20.0 Å². The highest BCUT2D eigenvalue weighted by Crippen LogP contribution is 2.25. The molecule has 0 aromatic carbocycles. The lowest BCUT2D eigenvalue weighted by Crippen LogP contribution is -2.27. The summed E-state index contributed by atoms with van der Waals surface area (Å²) in [7, 11) is -7.67. The highest BCUT2D eigenvalue weighted by molar-refractivity contribution is 9.10. The van der Waals surface area contributed by atoms with Crippen molar-refractivity contribution < 1.29 is 31.2 Å². The van der Waals surface area contributed by atoms with Crippen LogP contribution in [0.3, 0.4) is 0 Å². The van der Waals surface area contributed by atoms with Crippen molar-refractivity contribution in [1.82, 2.24) is 4.72 Å². The molecule has 0 aliphatic heterocycles. The van der Waals surface area contributed by atoms with E-state index in [1.165, 1.54) is 0 Å². The number of hydrogen-bond donors (Lipinski definition) is 3. The number of aromatic carboxylic acids is 1. The largest absolute Gasteiger partial charge is 0.475 e. The van der Waals surface area contributed by atoms with Gasteiger partial charge in [0, 0.05) is 12.6 Å². The lowest BCUT2D eigenvalue weighted by Gasteiger charge is -2.04. The number of rotatable bonds is 7. The summed E-state index contributed by atoms with van der Waals surface area (Å²) in [6, 6.07) is 0.842. The third-order valence-corrected chi connectivity index (χ3v) is 5.23. The lowest BCUT2D eigenvalue weighted by molar-refractivity contribution is 0.0661. The Balaban J connectivity index is 2.77. The number of carboxylic acid groups (broad SMARTS) is 1. The highest BCUT2D eigenvalue weighted by Gasteiger charge is 2.24. The van der Waals surface area contributed by atoms with Gasteiger partial charge in [0.1, 0.15) is 4.90 Å². The number of primary sulfonamides is 1. The number of halogens is 1. The molecule has 20 heavy (non-hydrogen) atoms. The average molecular weight is 391 g/mol. The van der Waals surface area contributed by atoms with Crippen molar-refractivity contribution in [2.24, 2.45) is 5.14 Å². The predicted molar refractivity (Wildman–Crippen MR) is 71.1 cm³/mol. The second kappa shape index (κ2) is 6.22. The fraction of sp³-hybridized carbons (Fsp3) is 0.375. The summed E-state index contributed by atoms with van der Waals surface area (Å²) in [4.78, 5) is 10.3. The second-order valence-electron chi connectivity index (χ2n) is 3.67. The summed E-state index contributed by atoms with van der Waals surface area (Å²) in [6.07, 6.45) is -0.0146. The zero-order valence-electron chi connectivity index (χ0n) is 9.87. The van der Waals surface area contributed by atoms with Gasteiger partial charge < -0.3 is 9.52 Å². The van der Waals surface area contributed by atoms with Crippen LogP contribution in [0.2, 0.25) is 0 Å². The lowest BCUT2D eigenvalue weighted by atomic mass is 10.5. The van der Waals surface area contributed by atoms with Crippen LogP contribution < -0.4 is 9.86 Å². The molecule has 0 saturated carbocycles. The molecule has 9 nitrogen and oxygen atoms in total. The van der Waals surface area contributed by atoms with Gasteiger partial charge in [-0.3, -0.25) is 0 Å². The smallest absolute Gasteiger partial charge is 0.371 e. The first-order valence-electron chi connectivity index (χ1n) is 5.06. The predicted octanol–water partition coefficient (Wildman–Crippen LogP) is -0.303. The Labute approximate surface area is 123 Å². The molecule has 4 N–H and O–H groups in total. The summed E-state index contributed by atoms with van der Waals surface area (Å²) >= 11 is 2.80. The van der Waals surface area contributed by atoms with Crippen molar-refractivity contribution in [3.63, 3.8) is 0 Å². The molecule has 0 amide bonds. The minimum absolute atomic E-state index is 0.0146. The van der Waals surface area contributed by atoms with Crippen LogP contribution in [0, 0.1) is 0 Å². The maximum atomic E-state index is 11.8. The molecule has 114 valence electrons. The molecule has 0 spiro atoms. The number of hydrogen-bond acceptors (Lipinski definition) is 6. The molecule has 12 heteroatoms. The van der Waals surface area contributed by atoms with Gasteiger partial charge in [0.15, 0.2) is 4.67 Å². The van der Waals surface area contributed by atoms with Crippen LogP contribution in [0.4, 0.5) is 0 Å². The van der Waals surface area contributed by atoms with Crippen LogP contribution in [0.1, 0.15) is 17.0 Å². The Morgan fingerprint density at radius 1 is 1.40 bits per heavy atom. The highest BCUT2D eigenvalue weighted by atomic mass is 79.9. The molecule has 1 rings (SSSR count). The monoisotopic (exact) mass is 390 g/mol. The third kappa shape index (κ3) is 4.86. The number of furan rings is 1. The fourth-order valence-electron chi connectivity index (χ4n) is 1.20. The molecular formula is C8H11BrN2O7S2. The van der Waals surface area contributed by atoms with E-state index < -0.39 is 31.8 Å². The van der Waals surface area contributed by atoms with E-state index in [9.17, 15) is 21.6 Å². The Morgan fingerprint density at radius 2 is 2.00 bits per heavy atom. The van der Waals surface area contributed by atoms with Gasteiger partial charge in [0.05, 0.1) is 5.75 Å². The molecular weight excluding hydrogens is 380 g/mol. The summed E-state index contributed by atoms with van der Waals surface area (Å²) in [6.45, 7) is -0.168. The maximum absolute atomic E-state index is 11.8. The van der Waals surface area contributed by atoms with Gasteiger partial charge in [-0.15, -0.1) is 0 Å². The molecule has 0 aliphatic carbocycles. The van der Waals surface area contributed by atoms with Crippen molar-refractivity contribution in [1.29, 1.82) is 0 Å². The van der Waals surface area contributed by atoms with E-state index in [0.29, 0.717) is 0 Å². The molecule has 0 saturated heterocycles. The number of nitrogens with one attached hydrogen (secondary N) is 1. The molecule has 0 fully saturated rings. The first kappa shape index (κ1) is 17.1. The number of nitrogens with two attached hydrogens (primary N) is 1. The molecule has 0 atom stereocenters. The van der Waals surface area contributed by atoms with E-state index in [4.69, 9.17) is 14.7 Å². The van der Waals surface area contributed by atoms with E-state index in [2.05, 4.69) is 20.7 Å². The van der Waals surface area contributed by atoms with Gasteiger partial charge in [-0.25, -0.2) is 31.5 Å². The van der Waals surface area contributed by atoms with Crippen LogP contribution >= 0.6 is 15.9 Å². The van der Waals surface area contributed by atoms with Gasteiger partial charge in [-0.1, -0.05) is 0 Å². The van der Waals surface area contributed by atoms with Gasteiger partial charge in [-0.05, 0) is 22.4 Å². The first-order valence-corrected chi connectivity index (χ1v) is 9.05. The van der Waals surface area contributed by atoms with Gasteiger partial charge in [-0.2, -0.15) is 0 Å². The minimum Gasteiger partial charge on any atom is -0.475 e. The molecule has 1 heterocycles. The Kier molecular flexibility index (Phi) is 5.32. The summed E-state index contributed by atoms with van der Waals surface area (Å²) in [5.41, 5.74) is 0. The Bertz CT molecular complexity index is 707.